The van der Waals surface area contributed by atoms with E-state index in [2.05, 4.69) is 16.0 Å². The predicted octanol–water partition coefficient (Wildman–Crippen LogP) is 2.72. The first-order valence-corrected chi connectivity index (χ1v) is 8.91. The number of nitrogens with one attached hydrogen (secondary N) is 3. The van der Waals surface area contributed by atoms with Crippen LogP contribution in [0.15, 0.2) is 42.5 Å². The fourth-order valence-corrected chi connectivity index (χ4v) is 2.82. The molecule has 0 saturated carbocycles. The highest BCUT2D eigenvalue weighted by atomic mass is 16.5. The van der Waals surface area contributed by atoms with E-state index >= 15 is 0 Å². The van der Waals surface area contributed by atoms with Crippen molar-refractivity contribution in [3.63, 3.8) is 0 Å². The normalized spacial score (nSPS) is 11.6. The van der Waals surface area contributed by atoms with Crippen LogP contribution in [0.2, 0.25) is 0 Å². The Kier molecular flexibility index (Phi) is 7.37. The fourth-order valence-electron chi connectivity index (χ4n) is 2.82. The first kappa shape index (κ1) is 20.5. The number of methoxy groups -OCH3 is 1. The van der Waals surface area contributed by atoms with Crippen molar-refractivity contribution in [1.82, 2.24) is 10.6 Å². The highest BCUT2D eigenvalue weighted by Crippen LogP contribution is 2.24. The molecule has 0 heterocycles. The van der Waals surface area contributed by atoms with E-state index in [4.69, 9.17) is 4.74 Å². The van der Waals surface area contributed by atoms with Gasteiger partial charge in [0, 0.05) is 17.3 Å². The third-order valence-electron chi connectivity index (χ3n) is 4.37. The lowest BCUT2D eigenvalue weighted by Crippen LogP contribution is -2.39. The molecule has 0 aliphatic rings. The molecule has 0 fully saturated rings. The molecule has 144 valence electrons. The van der Waals surface area contributed by atoms with Crippen molar-refractivity contribution >= 4 is 17.5 Å². The molecule has 6 nitrogen and oxygen atoms in total. The second-order valence-corrected chi connectivity index (χ2v) is 6.44. The Labute approximate surface area is 160 Å². The summed E-state index contributed by atoms with van der Waals surface area (Å²) in [7, 11) is 1.62. The van der Waals surface area contributed by atoms with E-state index < -0.39 is 0 Å². The fraction of sp³-hybridized carbons (Fsp3) is 0.333. The maximum atomic E-state index is 12.1. The molecule has 0 unspecified atom stereocenters. The van der Waals surface area contributed by atoms with Crippen molar-refractivity contribution in [3.05, 3.63) is 59.2 Å². The summed E-state index contributed by atoms with van der Waals surface area (Å²) in [6.07, 6.45) is 0. The molecule has 0 saturated heterocycles. The van der Waals surface area contributed by atoms with Gasteiger partial charge in [0.15, 0.2) is 0 Å². The molecule has 1 atom stereocenters. The van der Waals surface area contributed by atoms with E-state index in [-0.39, 0.29) is 30.9 Å². The van der Waals surface area contributed by atoms with Crippen LogP contribution < -0.4 is 20.7 Å². The minimum atomic E-state index is -0.251. The van der Waals surface area contributed by atoms with E-state index in [1.54, 1.807) is 7.11 Å². The zero-order valence-corrected chi connectivity index (χ0v) is 16.3. The molecule has 2 amide bonds. The number of ether oxygens (including phenoxy) is 1. The van der Waals surface area contributed by atoms with Gasteiger partial charge in [-0.3, -0.25) is 9.59 Å². The average Bonchev–Trinajstić information content (AvgIpc) is 2.67. The molecule has 0 aliphatic heterocycles. The van der Waals surface area contributed by atoms with Crippen LogP contribution in [0.3, 0.4) is 0 Å². The Balaban J connectivity index is 1.80. The summed E-state index contributed by atoms with van der Waals surface area (Å²) in [5.41, 5.74) is 3.74. The molecule has 2 aromatic carbocycles. The van der Waals surface area contributed by atoms with Crippen LogP contribution in [0.1, 0.15) is 29.7 Å². The van der Waals surface area contributed by atoms with Gasteiger partial charge in [0.25, 0.3) is 0 Å². The molecule has 0 aromatic heterocycles. The number of rotatable bonds is 8. The van der Waals surface area contributed by atoms with Gasteiger partial charge < -0.3 is 20.7 Å². The number of benzene rings is 2. The van der Waals surface area contributed by atoms with E-state index in [0.29, 0.717) is 0 Å². The number of hydrogen-bond donors (Lipinski definition) is 3. The molecule has 0 spiro atoms. The summed E-state index contributed by atoms with van der Waals surface area (Å²) >= 11 is 0. The van der Waals surface area contributed by atoms with Crippen molar-refractivity contribution in [3.8, 4) is 5.75 Å². The Bertz CT molecular complexity index is 785. The Morgan fingerprint density at radius 3 is 2.30 bits per heavy atom. The minimum absolute atomic E-state index is 0.0599. The second-order valence-electron chi connectivity index (χ2n) is 6.44. The number of aryl methyl sites for hydroxylation is 2. The average molecular weight is 369 g/mol. The Hall–Kier alpha value is -2.86. The van der Waals surface area contributed by atoms with Crippen molar-refractivity contribution < 1.29 is 14.3 Å². The number of hydrogen-bond acceptors (Lipinski definition) is 4. The van der Waals surface area contributed by atoms with Crippen LogP contribution in [0, 0.1) is 13.8 Å². The van der Waals surface area contributed by atoms with Gasteiger partial charge in [0.2, 0.25) is 11.8 Å². The summed E-state index contributed by atoms with van der Waals surface area (Å²) in [6, 6.07) is 13.4. The third kappa shape index (κ3) is 5.82. The van der Waals surface area contributed by atoms with Gasteiger partial charge in [0.05, 0.1) is 20.2 Å². The molecule has 2 aromatic rings. The highest BCUT2D eigenvalue weighted by Gasteiger charge is 2.13. The van der Waals surface area contributed by atoms with E-state index in [1.165, 1.54) is 0 Å². The molecule has 2 rings (SSSR count). The van der Waals surface area contributed by atoms with Crippen LogP contribution in [-0.2, 0) is 9.59 Å². The maximum Gasteiger partial charge on any atom is 0.243 e. The number of para-hydroxylation sites is 2. The summed E-state index contributed by atoms with van der Waals surface area (Å²) in [5, 5.41) is 8.62. The van der Waals surface area contributed by atoms with Crippen molar-refractivity contribution in [1.29, 1.82) is 0 Å². The zero-order chi connectivity index (χ0) is 19.8. The van der Waals surface area contributed by atoms with Gasteiger partial charge in [-0.2, -0.15) is 0 Å². The van der Waals surface area contributed by atoms with Crippen molar-refractivity contribution in [2.24, 2.45) is 0 Å². The largest absolute Gasteiger partial charge is 0.496 e. The van der Waals surface area contributed by atoms with Gasteiger partial charge in [0.1, 0.15) is 5.75 Å². The monoisotopic (exact) mass is 369 g/mol. The second kappa shape index (κ2) is 9.73. The molecule has 3 N–H and O–H groups in total. The molecule has 0 bridgehead atoms. The first-order valence-electron chi connectivity index (χ1n) is 8.91. The van der Waals surface area contributed by atoms with Gasteiger partial charge in [-0.25, -0.2) is 0 Å². The summed E-state index contributed by atoms with van der Waals surface area (Å²) < 4.78 is 5.33. The van der Waals surface area contributed by atoms with E-state index in [1.807, 2.05) is 63.2 Å². The molecule has 0 radical (unpaired) electrons. The minimum Gasteiger partial charge on any atom is -0.496 e. The lowest BCUT2D eigenvalue weighted by molar-refractivity contribution is -0.123. The quantitative estimate of drug-likeness (QED) is 0.668. The van der Waals surface area contributed by atoms with Gasteiger partial charge in [-0.05, 0) is 38.0 Å². The number of anilines is 1. The smallest absolute Gasteiger partial charge is 0.243 e. The van der Waals surface area contributed by atoms with Crippen LogP contribution in [-0.4, -0.2) is 32.0 Å². The van der Waals surface area contributed by atoms with Crippen molar-refractivity contribution in [2.75, 3.05) is 25.5 Å². The number of carbonyl (C=O) groups excluding carboxylic acids is 2. The number of amides is 2. The third-order valence-corrected chi connectivity index (χ3v) is 4.37. The summed E-state index contributed by atoms with van der Waals surface area (Å²) in [4.78, 5) is 24.1. The van der Waals surface area contributed by atoms with Crippen LogP contribution in [0.5, 0.6) is 5.75 Å². The van der Waals surface area contributed by atoms with Gasteiger partial charge >= 0.3 is 0 Å². The SMILES string of the molecule is COc1ccccc1[C@H](C)NCC(=O)NCC(=O)Nc1c(C)cccc1C. The lowest BCUT2D eigenvalue weighted by Gasteiger charge is -2.17. The molecular weight excluding hydrogens is 342 g/mol. The maximum absolute atomic E-state index is 12.1. The van der Waals surface area contributed by atoms with Gasteiger partial charge in [-0.1, -0.05) is 36.4 Å². The molecular formula is C21H27N3O3. The lowest BCUT2D eigenvalue weighted by atomic mass is 10.1. The Morgan fingerprint density at radius 2 is 1.63 bits per heavy atom. The number of carbonyl (C=O) groups is 2. The molecule has 6 heteroatoms. The van der Waals surface area contributed by atoms with Crippen LogP contribution in [0.25, 0.3) is 0 Å². The van der Waals surface area contributed by atoms with Crippen LogP contribution in [0.4, 0.5) is 5.69 Å². The topological polar surface area (TPSA) is 79.5 Å². The predicted molar refractivity (Wildman–Crippen MR) is 107 cm³/mol. The highest BCUT2D eigenvalue weighted by molar-refractivity contribution is 5.95. The van der Waals surface area contributed by atoms with E-state index in [9.17, 15) is 9.59 Å². The van der Waals surface area contributed by atoms with Crippen molar-refractivity contribution in [2.45, 2.75) is 26.8 Å². The first-order chi connectivity index (χ1) is 12.9. The summed E-state index contributed by atoms with van der Waals surface area (Å²) in [6.45, 7) is 5.86. The standard InChI is InChI=1S/C21H27N3O3/c1-14-8-7-9-15(2)21(14)24-20(26)13-23-19(25)12-22-16(3)17-10-5-6-11-18(17)27-4/h5-11,16,22H,12-13H2,1-4H3,(H,23,25)(H,24,26)/t16-/m0/s1. The van der Waals surface area contributed by atoms with Gasteiger partial charge in [-0.15, -0.1) is 0 Å². The summed E-state index contributed by atoms with van der Waals surface area (Å²) in [5.74, 6) is 0.276. The molecule has 27 heavy (non-hydrogen) atoms. The molecule has 0 aliphatic carbocycles. The zero-order valence-electron chi connectivity index (χ0n) is 16.3. The van der Waals surface area contributed by atoms with Crippen LogP contribution >= 0.6 is 0 Å². The van der Waals surface area contributed by atoms with E-state index in [0.717, 1.165) is 28.1 Å². The Morgan fingerprint density at radius 1 is 0.963 bits per heavy atom.